The number of nitrogens with one attached hydrogen (secondary N) is 1. The molecule has 2 heterocycles. The molecule has 0 aliphatic carbocycles. The molecule has 3 rings (SSSR count). The zero-order valence-electron chi connectivity index (χ0n) is 11.5. The first-order valence-corrected chi connectivity index (χ1v) is 7.59. The lowest BCUT2D eigenvalue weighted by Gasteiger charge is -2.03. The number of carbonyl (C=O) groups excluding carboxylic acids is 1. The van der Waals surface area contributed by atoms with E-state index in [-0.39, 0.29) is 12.5 Å². The number of thiocarbonyl (C=S) groups is 1. The van der Waals surface area contributed by atoms with Crippen molar-refractivity contribution in [2.45, 2.75) is 13.5 Å². The van der Waals surface area contributed by atoms with Crippen LogP contribution in [0.25, 0.3) is 6.08 Å². The van der Waals surface area contributed by atoms with Gasteiger partial charge in [-0.2, -0.15) is 4.98 Å². The first-order chi connectivity index (χ1) is 10.6. The molecular formula is C14H11N3O3S2. The van der Waals surface area contributed by atoms with Crippen molar-refractivity contribution in [3.05, 3.63) is 46.4 Å². The Morgan fingerprint density at radius 3 is 2.77 bits per heavy atom. The molecule has 0 saturated carbocycles. The predicted octanol–water partition coefficient (Wildman–Crippen LogP) is 2.45. The number of benzene rings is 1. The first-order valence-electron chi connectivity index (χ1n) is 6.37. The molecule has 0 radical (unpaired) electrons. The summed E-state index contributed by atoms with van der Waals surface area (Å²) >= 11 is 6.20. The van der Waals surface area contributed by atoms with Crippen LogP contribution in [0.1, 0.15) is 17.3 Å². The van der Waals surface area contributed by atoms with Gasteiger partial charge in [-0.25, -0.2) is 0 Å². The third-order valence-corrected chi connectivity index (χ3v) is 3.92. The number of aryl methyl sites for hydroxylation is 1. The van der Waals surface area contributed by atoms with Gasteiger partial charge in [0.15, 0.2) is 6.61 Å². The monoisotopic (exact) mass is 333 g/mol. The molecule has 112 valence electrons. The lowest BCUT2D eigenvalue weighted by atomic mass is 10.2. The van der Waals surface area contributed by atoms with Crippen LogP contribution in [0.4, 0.5) is 0 Å². The lowest BCUT2D eigenvalue weighted by molar-refractivity contribution is -0.115. The van der Waals surface area contributed by atoms with E-state index in [2.05, 4.69) is 15.5 Å². The molecule has 22 heavy (non-hydrogen) atoms. The molecule has 1 aromatic carbocycles. The van der Waals surface area contributed by atoms with Crippen molar-refractivity contribution in [1.29, 1.82) is 0 Å². The fourth-order valence-corrected chi connectivity index (χ4v) is 2.82. The summed E-state index contributed by atoms with van der Waals surface area (Å²) in [6.07, 6.45) is 1.78. The summed E-state index contributed by atoms with van der Waals surface area (Å²) in [4.78, 5) is 16.2. The van der Waals surface area contributed by atoms with Gasteiger partial charge in [0.2, 0.25) is 11.7 Å². The quantitative estimate of drug-likeness (QED) is 0.680. The Bertz CT molecular complexity index is 753. The van der Waals surface area contributed by atoms with Crippen LogP contribution in [0.2, 0.25) is 0 Å². The summed E-state index contributed by atoms with van der Waals surface area (Å²) < 4.78 is 10.9. The van der Waals surface area contributed by atoms with Gasteiger partial charge in [-0.1, -0.05) is 41.3 Å². The third kappa shape index (κ3) is 3.52. The van der Waals surface area contributed by atoms with Crippen molar-refractivity contribution >= 4 is 40.3 Å². The lowest BCUT2D eigenvalue weighted by Crippen LogP contribution is -2.17. The Hall–Kier alpha value is -2.19. The van der Waals surface area contributed by atoms with Crippen LogP contribution in [-0.4, -0.2) is 20.4 Å². The van der Waals surface area contributed by atoms with Gasteiger partial charge in [-0.15, -0.1) is 0 Å². The van der Waals surface area contributed by atoms with Gasteiger partial charge in [-0.05, 0) is 23.8 Å². The summed E-state index contributed by atoms with van der Waals surface area (Å²) in [6.45, 7) is 1.96. The Morgan fingerprint density at radius 1 is 1.41 bits per heavy atom. The molecular weight excluding hydrogens is 322 g/mol. The van der Waals surface area contributed by atoms with E-state index in [1.54, 1.807) is 13.0 Å². The number of nitrogens with zero attached hydrogens (tertiary/aromatic N) is 2. The van der Waals surface area contributed by atoms with Crippen molar-refractivity contribution in [2.24, 2.45) is 0 Å². The van der Waals surface area contributed by atoms with Gasteiger partial charge in [0.1, 0.15) is 10.1 Å². The normalized spacial score (nSPS) is 16.1. The van der Waals surface area contributed by atoms with Gasteiger partial charge >= 0.3 is 0 Å². The van der Waals surface area contributed by atoms with E-state index in [0.29, 0.717) is 26.7 Å². The largest absolute Gasteiger partial charge is 0.485 e. The zero-order chi connectivity index (χ0) is 15.5. The van der Waals surface area contributed by atoms with Crippen molar-refractivity contribution in [2.75, 3.05) is 0 Å². The fraction of sp³-hybridized carbons (Fsp3) is 0.143. The van der Waals surface area contributed by atoms with Crippen molar-refractivity contribution < 1.29 is 14.1 Å². The number of amides is 1. The highest BCUT2D eigenvalue weighted by molar-refractivity contribution is 8.26. The van der Waals surface area contributed by atoms with Crippen LogP contribution in [-0.2, 0) is 11.4 Å². The molecule has 0 atom stereocenters. The molecule has 2 aromatic rings. The van der Waals surface area contributed by atoms with Crippen LogP contribution in [0.5, 0.6) is 5.75 Å². The highest BCUT2D eigenvalue weighted by atomic mass is 32.2. The SMILES string of the molecule is Cc1nc(COc2ccc(/C=C3/SC(=S)NC3=O)cc2)no1. The van der Waals surface area contributed by atoms with E-state index in [9.17, 15) is 4.79 Å². The van der Waals surface area contributed by atoms with E-state index >= 15 is 0 Å². The second-order valence-corrected chi connectivity index (χ2v) is 6.16. The average molecular weight is 333 g/mol. The fourth-order valence-electron chi connectivity index (χ4n) is 1.78. The van der Waals surface area contributed by atoms with Crippen molar-refractivity contribution in [3.63, 3.8) is 0 Å². The molecule has 1 fully saturated rings. The Kier molecular flexibility index (Phi) is 4.21. The average Bonchev–Trinajstić information content (AvgIpc) is 3.04. The number of hydrogen-bond donors (Lipinski definition) is 1. The second kappa shape index (κ2) is 6.29. The van der Waals surface area contributed by atoms with E-state index in [1.807, 2.05) is 24.3 Å². The number of carbonyl (C=O) groups is 1. The molecule has 0 bridgehead atoms. The third-order valence-electron chi connectivity index (χ3n) is 2.76. The maximum atomic E-state index is 11.6. The summed E-state index contributed by atoms with van der Waals surface area (Å²) in [5.41, 5.74) is 0.894. The Morgan fingerprint density at radius 2 is 2.18 bits per heavy atom. The van der Waals surface area contributed by atoms with Crippen LogP contribution in [0.3, 0.4) is 0 Å². The molecule has 1 aromatic heterocycles. The van der Waals surface area contributed by atoms with Gasteiger partial charge in [0, 0.05) is 6.92 Å². The van der Waals surface area contributed by atoms with E-state index < -0.39 is 0 Å². The van der Waals surface area contributed by atoms with Crippen molar-refractivity contribution in [3.8, 4) is 5.75 Å². The number of thioether (sulfide) groups is 1. The second-order valence-electron chi connectivity index (χ2n) is 4.44. The van der Waals surface area contributed by atoms with Gasteiger partial charge in [0.25, 0.3) is 5.91 Å². The molecule has 1 aliphatic rings. The molecule has 1 N–H and O–H groups in total. The Labute approximate surface area is 135 Å². The number of ether oxygens (including phenoxy) is 1. The number of rotatable bonds is 4. The minimum atomic E-state index is -0.164. The molecule has 6 nitrogen and oxygen atoms in total. The summed E-state index contributed by atoms with van der Waals surface area (Å²) in [6, 6.07) is 7.35. The molecule has 8 heteroatoms. The molecule has 0 spiro atoms. The number of hydrogen-bond acceptors (Lipinski definition) is 7. The minimum Gasteiger partial charge on any atom is -0.485 e. The summed E-state index contributed by atoms with van der Waals surface area (Å²) in [7, 11) is 0. The zero-order valence-corrected chi connectivity index (χ0v) is 13.2. The van der Waals surface area contributed by atoms with Crippen LogP contribution in [0, 0.1) is 6.92 Å². The van der Waals surface area contributed by atoms with E-state index in [1.165, 1.54) is 11.8 Å². The smallest absolute Gasteiger partial charge is 0.263 e. The van der Waals surface area contributed by atoms with Crippen molar-refractivity contribution in [1.82, 2.24) is 15.5 Å². The first kappa shape index (κ1) is 14.7. The summed E-state index contributed by atoms with van der Waals surface area (Å²) in [5.74, 6) is 1.52. The maximum Gasteiger partial charge on any atom is 0.263 e. The van der Waals surface area contributed by atoms with E-state index in [4.69, 9.17) is 21.5 Å². The Balaban J connectivity index is 1.64. The van der Waals surface area contributed by atoms with Crippen LogP contribution in [0.15, 0.2) is 33.7 Å². The molecule has 1 amide bonds. The van der Waals surface area contributed by atoms with Gasteiger partial charge < -0.3 is 14.6 Å². The molecule has 1 aliphatic heterocycles. The topological polar surface area (TPSA) is 77.2 Å². The van der Waals surface area contributed by atoms with E-state index in [0.717, 1.165) is 5.56 Å². The molecule has 1 saturated heterocycles. The highest BCUT2D eigenvalue weighted by Gasteiger charge is 2.21. The standard InChI is InChI=1S/C14H11N3O3S2/c1-8-15-12(17-20-8)7-19-10-4-2-9(3-5-10)6-11-13(18)16-14(21)22-11/h2-6H,7H2,1H3,(H,16,18,21)/b11-6+. The van der Waals surface area contributed by atoms with Gasteiger partial charge in [-0.3, -0.25) is 4.79 Å². The summed E-state index contributed by atoms with van der Waals surface area (Å²) in [5, 5.41) is 6.33. The minimum absolute atomic E-state index is 0.164. The number of aromatic nitrogens is 2. The predicted molar refractivity (Wildman–Crippen MR) is 86.1 cm³/mol. The van der Waals surface area contributed by atoms with Crippen LogP contribution >= 0.6 is 24.0 Å². The van der Waals surface area contributed by atoms with Gasteiger partial charge in [0.05, 0.1) is 4.91 Å². The molecule has 0 unspecified atom stereocenters. The maximum absolute atomic E-state index is 11.6. The highest BCUT2D eigenvalue weighted by Crippen LogP contribution is 2.26. The van der Waals surface area contributed by atoms with Crippen LogP contribution < -0.4 is 10.1 Å².